The zero-order chi connectivity index (χ0) is 12.8. The van der Waals surface area contributed by atoms with Gasteiger partial charge in [0.15, 0.2) is 11.5 Å². The molecule has 0 aromatic carbocycles. The number of ether oxygens (including phenoxy) is 1. The van der Waals surface area contributed by atoms with Gasteiger partial charge in [-0.2, -0.15) is 0 Å². The minimum Gasteiger partial charge on any atom is -0.377 e. The molecule has 0 spiro atoms. The molecule has 0 aliphatic carbocycles. The van der Waals surface area contributed by atoms with E-state index in [9.17, 15) is 4.79 Å². The first-order valence-electron chi connectivity index (χ1n) is 6.23. The number of hydrogen-bond acceptors (Lipinski definition) is 5. The molecule has 2 N–H and O–H groups in total. The Balaban J connectivity index is 0.00000180. The van der Waals surface area contributed by atoms with Crippen LogP contribution >= 0.6 is 12.4 Å². The van der Waals surface area contributed by atoms with Crippen molar-refractivity contribution in [2.24, 2.45) is 5.92 Å². The van der Waals surface area contributed by atoms with Gasteiger partial charge in [-0.3, -0.25) is 4.79 Å². The van der Waals surface area contributed by atoms with Gasteiger partial charge in [0.05, 0.1) is 0 Å². The van der Waals surface area contributed by atoms with Crippen LogP contribution in [-0.4, -0.2) is 37.8 Å². The summed E-state index contributed by atoms with van der Waals surface area (Å²) in [5.41, 5.74) is 0.311. The number of aromatic nitrogens is 1. The fraction of sp³-hybridized carbons (Fsp3) is 0.667. The summed E-state index contributed by atoms with van der Waals surface area (Å²) in [4.78, 5) is 11.8. The van der Waals surface area contributed by atoms with Crippen molar-refractivity contribution < 1.29 is 14.1 Å². The van der Waals surface area contributed by atoms with Crippen LogP contribution in [0.25, 0.3) is 0 Å². The Labute approximate surface area is 118 Å². The van der Waals surface area contributed by atoms with Gasteiger partial charge in [-0.1, -0.05) is 5.16 Å². The first-order chi connectivity index (χ1) is 8.79. The number of piperidine rings is 1. The maximum Gasteiger partial charge on any atom is 0.273 e. The van der Waals surface area contributed by atoms with Gasteiger partial charge >= 0.3 is 0 Å². The molecule has 2 heterocycles. The van der Waals surface area contributed by atoms with Crippen molar-refractivity contribution in [3.63, 3.8) is 0 Å². The smallest absolute Gasteiger partial charge is 0.273 e. The molecule has 0 radical (unpaired) electrons. The second kappa shape index (κ2) is 8.14. The molecule has 0 saturated carbocycles. The summed E-state index contributed by atoms with van der Waals surface area (Å²) in [6, 6.07) is 1.61. The van der Waals surface area contributed by atoms with E-state index in [1.54, 1.807) is 13.2 Å². The van der Waals surface area contributed by atoms with E-state index in [0.29, 0.717) is 30.5 Å². The quantitative estimate of drug-likeness (QED) is 0.845. The largest absolute Gasteiger partial charge is 0.377 e. The van der Waals surface area contributed by atoms with Gasteiger partial charge in [0.2, 0.25) is 0 Å². The topological polar surface area (TPSA) is 76.4 Å². The molecule has 19 heavy (non-hydrogen) atoms. The highest BCUT2D eigenvalue weighted by molar-refractivity contribution is 5.92. The van der Waals surface area contributed by atoms with Crippen LogP contribution in [0, 0.1) is 5.92 Å². The van der Waals surface area contributed by atoms with Crippen LogP contribution in [0.2, 0.25) is 0 Å². The van der Waals surface area contributed by atoms with Crippen molar-refractivity contribution in [1.82, 2.24) is 15.8 Å². The van der Waals surface area contributed by atoms with Gasteiger partial charge in [0.25, 0.3) is 5.91 Å². The number of nitrogens with one attached hydrogen (secondary N) is 2. The Bertz CT molecular complexity index is 391. The summed E-state index contributed by atoms with van der Waals surface area (Å²) >= 11 is 0. The van der Waals surface area contributed by atoms with Crippen LogP contribution in [0.4, 0.5) is 0 Å². The van der Waals surface area contributed by atoms with E-state index in [4.69, 9.17) is 9.26 Å². The molecule has 1 aliphatic rings. The Hall–Kier alpha value is -1.11. The van der Waals surface area contributed by atoms with E-state index in [1.165, 1.54) is 6.42 Å². The van der Waals surface area contributed by atoms with E-state index >= 15 is 0 Å². The fourth-order valence-electron chi connectivity index (χ4n) is 2.06. The number of amides is 1. The summed E-state index contributed by atoms with van der Waals surface area (Å²) < 4.78 is 9.87. The van der Waals surface area contributed by atoms with Crippen LogP contribution in [0.15, 0.2) is 10.6 Å². The SMILES string of the molecule is COCc1cc(C(=O)NCC2CCCNC2)no1.Cl. The summed E-state index contributed by atoms with van der Waals surface area (Å²) in [6.45, 7) is 3.05. The molecule has 1 aromatic heterocycles. The minimum atomic E-state index is -0.188. The number of carbonyl (C=O) groups excluding carboxylic acids is 1. The van der Waals surface area contributed by atoms with Gasteiger partial charge in [-0.05, 0) is 31.8 Å². The number of nitrogens with zero attached hydrogens (tertiary/aromatic N) is 1. The monoisotopic (exact) mass is 289 g/mol. The standard InChI is InChI=1S/C12H19N3O3.ClH/c1-17-8-10-5-11(15-18-10)12(16)14-7-9-3-2-4-13-6-9;/h5,9,13H,2-4,6-8H2,1H3,(H,14,16);1H. The lowest BCUT2D eigenvalue weighted by Crippen LogP contribution is -2.38. The zero-order valence-electron chi connectivity index (χ0n) is 11.0. The van der Waals surface area contributed by atoms with E-state index < -0.39 is 0 Å². The normalized spacial score (nSPS) is 18.7. The van der Waals surface area contributed by atoms with Crippen molar-refractivity contribution in [1.29, 1.82) is 0 Å². The number of hydrogen-bond donors (Lipinski definition) is 2. The van der Waals surface area contributed by atoms with Crippen molar-refractivity contribution in [3.05, 3.63) is 17.5 Å². The lowest BCUT2D eigenvalue weighted by molar-refractivity contribution is 0.0935. The van der Waals surface area contributed by atoms with Crippen LogP contribution in [0.5, 0.6) is 0 Å². The molecule has 1 aromatic rings. The third-order valence-corrected chi connectivity index (χ3v) is 3.03. The number of carbonyl (C=O) groups is 1. The minimum absolute atomic E-state index is 0. The number of rotatable bonds is 5. The van der Waals surface area contributed by atoms with E-state index in [2.05, 4.69) is 15.8 Å². The Morgan fingerprint density at radius 1 is 1.68 bits per heavy atom. The maximum atomic E-state index is 11.8. The molecule has 1 aliphatic heterocycles. The molecule has 1 amide bonds. The Kier molecular flexibility index (Phi) is 6.83. The van der Waals surface area contributed by atoms with Crippen LogP contribution in [0.3, 0.4) is 0 Å². The molecule has 1 saturated heterocycles. The van der Waals surface area contributed by atoms with Crippen molar-refractivity contribution in [2.75, 3.05) is 26.7 Å². The fourth-order valence-corrected chi connectivity index (χ4v) is 2.06. The van der Waals surface area contributed by atoms with Gasteiger partial charge in [0.1, 0.15) is 6.61 Å². The van der Waals surface area contributed by atoms with Gasteiger partial charge in [-0.25, -0.2) is 0 Å². The second-order valence-corrected chi connectivity index (χ2v) is 4.53. The van der Waals surface area contributed by atoms with Gasteiger partial charge in [0, 0.05) is 19.7 Å². The molecule has 6 nitrogen and oxygen atoms in total. The van der Waals surface area contributed by atoms with Crippen molar-refractivity contribution >= 4 is 18.3 Å². The number of methoxy groups -OCH3 is 1. The van der Waals surface area contributed by atoms with Crippen molar-refractivity contribution in [3.8, 4) is 0 Å². The highest BCUT2D eigenvalue weighted by Crippen LogP contribution is 2.09. The lowest BCUT2D eigenvalue weighted by Gasteiger charge is -2.22. The van der Waals surface area contributed by atoms with Crippen LogP contribution in [0.1, 0.15) is 29.1 Å². The number of halogens is 1. The summed E-state index contributed by atoms with van der Waals surface area (Å²) in [6.07, 6.45) is 2.32. The second-order valence-electron chi connectivity index (χ2n) is 4.53. The third-order valence-electron chi connectivity index (χ3n) is 3.03. The maximum absolute atomic E-state index is 11.8. The first kappa shape index (κ1) is 15.9. The summed E-state index contributed by atoms with van der Waals surface area (Å²) in [5, 5.41) is 9.91. The highest BCUT2D eigenvalue weighted by Gasteiger charge is 2.16. The average molecular weight is 290 g/mol. The summed E-state index contributed by atoms with van der Waals surface area (Å²) in [7, 11) is 1.57. The molecule has 1 atom stereocenters. The molecule has 7 heteroatoms. The highest BCUT2D eigenvalue weighted by atomic mass is 35.5. The zero-order valence-corrected chi connectivity index (χ0v) is 11.8. The van der Waals surface area contributed by atoms with E-state index in [0.717, 1.165) is 19.5 Å². The van der Waals surface area contributed by atoms with Crippen molar-refractivity contribution in [2.45, 2.75) is 19.4 Å². The molecule has 2 rings (SSSR count). The van der Waals surface area contributed by atoms with E-state index in [1.807, 2.05) is 0 Å². The predicted octanol–water partition coefficient (Wildman–Crippen LogP) is 0.972. The van der Waals surface area contributed by atoms with Crippen LogP contribution in [-0.2, 0) is 11.3 Å². The summed E-state index contributed by atoms with van der Waals surface area (Å²) in [5.74, 6) is 0.877. The van der Waals surface area contributed by atoms with E-state index in [-0.39, 0.29) is 18.3 Å². The third kappa shape index (κ3) is 4.81. The Morgan fingerprint density at radius 2 is 2.53 bits per heavy atom. The Morgan fingerprint density at radius 3 is 3.21 bits per heavy atom. The molecule has 1 unspecified atom stereocenters. The molecule has 1 fully saturated rings. The van der Waals surface area contributed by atoms with Gasteiger partial charge in [-0.15, -0.1) is 12.4 Å². The van der Waals surface area contributed by atoms with Gasteiger partial charge < -0.3 is 19.9 Å². The molecular formula is C12H20ClN3O3. The molecular weight excluding hydrogens is 270 g/mol. The molecule has 108 valence electrons. The van der Waals surface area contributed by atoms with Crippen LogP contribution < -0.4 is 10.6 Å². The molecule has 0 bridgehead atoms. The lowest BCUT2D eigenvalue weighted by atomic mass is 10.00. The average Bonchev–Trinajstić information content (AvgIpc) is 2.86. The first-order valence-corrected chi connectivity index (χ1v) is 6.23. The predicted molar refractivity (Wildman–Crippen MR) is 72.4 cm³/mol.